The number of aromatic nitrogens is 8. The molecule has 0 unspecified atom stereocenters. The molecule has 0 bridgehead atoms. The molecule has 0 amide bonds. The van der Waals surface area contributed by atoms with Crippen LogP contribution in [0.2, 0.25) is 0 Å². The highest BCUT2D eigenvalue weighted by Crippen LogP contribution is 2.41. The third kappa shape index (κ3) is 7.70. The summed E-state index contributed by atoms with van der Waals surface area (Å²) in [5.41, 5.74) is 6.12. The summed E-state index contributed by atoms with van der Waals surface area (Å²) < 4.78 is 16.1. The quantitative estimate of drug-likeness (QED) is 0.130. The number of H-pyrrole nitrogens is 1. The number of rotatable bonds is 8. The van der Waals surface area contributed by atoms with E-state index in [0.717, 1.165) is 12.3 Å². The molecule has 2 fully saturated rings. The lowest BCUT2D eigenvalue weighted by Crippen LogP contribution is -2.32. The first kappa shape index (κ1) is 38.1. The van der Waals surface area contributed by atoms with Gasteiger partial charge in [0.05, 0.1) is 18.5 Å². The van der Waals surface area contributed by atoms with E-state index in [9.17, 15) is 30.0 Å². The van der Waals surface area contributed by atoms with Gasteiger partial charge < -0.3 is 40.6 Å². The molecule has 0 saturated carbocycles. The molecule has 0 aromatic carbocycles. The van der Waals surface area contributed by atoms with Crippen LogP contribution in [0.15, 0.2) is 15.9 Å². The second-order valence-electron chi connectivity index (χ2n) is 14.5. The topological polar surface area (TPSA) is 242 Å². The number of nitrogens with one attached hydrogen (secondary N) is 1. The van der Waals surface area contributed by atoms with Crippen molar-refractivity contribution in [1.29, 1.82) is 0 Å². The average Bonchev–Trinajstić information content (AvgIpc) is 3.73. The zero-order chi connectivity index (χ0) is 37.0. The zero-order valence-corrected chi connectivity index (χ0v) is 31.3. The monoisotopic (exact) mass is 737 g/mol. The van der Waals surface area contributed by atoms with Gasteiger partial charge >= 0.3 is 0 Å². The predicted molar refractivity (Wildman–Crippen MR) is 197 cm³/mol. The third-order valence-corrected chi connectivity index (χ3v) is 11.9. The molecule has 0 aliphatic carbocycles. The first-order valence-corrected chi connectivity index (χ1v) is 22.3. The van der Waals surface area contributed by atoms with Crippen molar-refractivity contribution >= 4 is 54.6 Å². The van der Waals surface area contributed by atoms with Crippen molar-refractivity contribution in [3.05, 3.63) is 38.7 Å². The van der Waals surface area contributed by atoms with Crippen LogP contribution >= 0.6 is 13.8 Å². The van der Waals surface area contributed by atoms with Crippen molar-refractivity contribution in [1.82, 2.24) is 38.6 Å². The van der Waals surface area contributed by atoms with Gasteiger partial charge in [0.1, 0.15) is 36.1 Å². The first-order valence-electron chi connectivity index (χ1n) is 16.2. The van der Waals surface area contributed by atoms with Gasteiger partial charge in [-0.05, 0) is 65.7 Å². The first-order chi connectivity index (χ1) is 23.2. The van der Waals surface area contributed by atoms with E-state index in [-0.39, 0.29) is 28.2 Å². The fraction of sp³-hybridized carbons (Fsp3) is 0.613. The second-order valence-corrected chi connectivity index (χ2v) is 23.1. The van der Waals surface area contributed by atoms with Crippen LogP contribution in [-0.4, -0.2) is 147 Å². The van der Waals surface area contributed by atoms with Gasteiger partial charge in [-0.3, -0.25) is 23.3 Å². The molecular formula is C31H49N9O8P2. The van der Waals surface area contributed by atoms with Crippen LogP contribution in [0.3, 0.4) is 0 Å². The largest absolute Gasteiger partial charge is 0.388 e. The van der Waals surface area contributed by atoms with Gasteiger partial charge in [-0.15, -0.1) is 26.4 Å². The third-order valence-electron chi connectivity index (χ3n) is 8.97. The smallest absolute Gasteiger partial charge is 0.281 e. The number of hydrogen-bond donors (Lipinski definition) is 6. The zero-order valence-electron chi connectivity index (χ0n) is 29.5. The molecule has 0 radical (unpaired) electrons. The minimum atomic E-state index is -1.28. The molecule has 4 aromatic heterocycles. The van der Waals surface area contributed by atoms with Crippen molar-refractivity contribution in [2.24, 2.45) is 7.05 Å². The summed E-state index contributed by atoms with van der Waals surface area (Å²) in [6, 6.07) is 0. The lowest BCUT2D eigenvalue weighted by molar-refractivity contribution is -0.0353. The highest BCUT2D eigenvalue weighted by atomic mass is 31.2. The predicted octanol–water partition coefficient (Wildman–Crippen LogP) is -0.114. The summed E-state index contributed by atoms with van der Waals surface area (Å²) in [6.07, 6.45) is 5.46. The molecule has 6 heterocycles. The molecule has 2 aliphatic heterocycles. The summed E-state index contributed by atoms with van der Waals surface area (Å²) in [7, 11) is 1.63. The van der Waals surface area contributed by atoms with Crippen LogP contribution < -0.4 is 16.9 Å². The second kappa shape index (κ2) is 14.1. The fourth-order valence-electron chi connectivity index (χ4n) is 6.03. The van der Waals surface area contributed by atoms with Crippen LogP contribution in [0.1, 0.15) is 36.9 Å². The molecular weight excluding hydrogens is 688 g/mol. The number of nitrogens with zero attached hydrogens (tertiary/aromatic N) is 7. The van der Waals surface area contributed by atoms with E-state index >= 15 is 0 Å². The summed E-state index contributed by atoms with van der Waals surface area (Å²) in [4.78, 5) is 43.7. The Kier molecular flexibility index (Phi) is 10.8. The van der Waals surface area contributed by atoms with E-state index in [1.165, 1.54) is 20.0 Å². The molecule has 6 rings (SSSR count). The van der Waals surface area contributed by atoms with E-state index in [1.807, 2.05) is 0 Å². The number of aliphatic hydroxyl groups excluding tert-OH is 4. The van der Waals surface area contributed by atoms with Gasteiger partial charge in [0.2, 0.25) is 5.95 Å². The maximum absolute atomic E-state index is 12.3. The van der Waals surface area contributed by atoms with Crippen molar-refractivity contribution in [3.8, 4) is 0 Å². The van der Waals surface area contributed by atoms with Gasteiger partial charge in [0.15, 0.2) is 34.8 Å². The lowest BCUT2D eigenvalue weighted by atomic mass is 10.1. The lowest BCUT2D eigenvalue weighted by Gasteiger charge is -2.19. The van der Waals surface area contributed by atoms with Gasteiger partial charge in [-0.25, -0.2) is 19.9 Å². The average molecular weight is 738 g/mol. The Bertz CT molecular complexity index is 2100. The summed E-state index contributed by atoms with van der Waals surface area (Å²) in [6.45, 7) is 9.27. The number of fused-ring (bicyclic) bond motifs is 2. The molecule has 19 heteroatoms. The van der Waals surface area contributed by atoms with Crippen molar-refractivity contribution < 1.29 is 29.9 Å². The van der Waals surface area contributed by atoms with E-state index in [4.69, 9.17) is 15.2 Å². The Morgan fingerprint density at radius 1 is 0.840 bits per heavy atom. The maximum Gasteiger partial charge on any atom is 0.281 e. The fourth-order valence-corrected chi connectivity index (χ4v) is 7.94. The minimum absolute atomic E-state index is 0.000452. The van der Waals surface area contributed by atoms with Crippen molar-refractivity contribution in [3.63, 3.8) is 0 Å². The number of aryl methyl sites for hydroxylation is 2. The SMILES string of the molecule is C=P(C)(C)CC[C@H]1O[C@@H](n2c(N)nc3c(=O)[nH]c(C)nc32)[C@H](O)[C@@H]1O.C=P(C)(C)CC[C@H]1O[C@@H](n2cnc3c(=O)n(C)c(C)nc32)[C@H](O)[C@@H]1O. The Balaban J connectivity index is 0.000000194. The van der Waals surface area contributed by atoms with E-state index in [0.29, 0.717) is 30.1 Å². The van der Waals surface area contributed by atoms with E-state index in [1.54, 1.807) is 20.9 Å². The van der Waals surface area contributed by atoms with Gasteiger partial charge in [0, 0.05) is 7.05 Å². The number of hydrogen-bond acceptors (Lipinski definition) is 13. The molecule has 2 aliphatic rings. The summed E-state index contributed by atoms with van der Waals surface area (Å²) in [5.74, 6) is 0.930. The number of nitrogen functional groups attached to an aromatic ring is 1. The maximum atomic E-state index is 12.3. The van der Waals surface area contributed by atoms with E-state index in [2.05, 4.69) is 64.2 Å². The highest BCUT2D eigenvalue weighted by Gasteiger charge is 2.46. The van der Waals surface area contributed by atoms with Crippen molar-refractivity contribution in [2.75, 3.05) is 44.7 Å². The molecule has 8 atom stereocenters. The molecule has 7 N–H and O–H groups in total. The highest BCUT2D eigenvalue weighted by molar-refractivity contribution is 7.72. The number of aromatic amines is 1. The standard InChI is InChI=1S/C16H25N4O4P.C15H24N5O4P/c1-9-18-14-11(15(23)19(9)2)17-8-20(14)16-13(22)12(21)10(24-16)6-7-25(3,4)5;1-7-17-12-9(13(23)18-7)19-15(16)20(12)14-11(22)10(21)8(24-14)5-6-25(2,3)4/h8,10,12-13,16,21-22H,3,6-7H2,1-2,4-5H3;8,10-11,14,21-22H,2,5-6H2,1,3-4H3,(H2,16,19)(H,17,18,23)/t10-,12-,13-,16-;8-,10-,11-,14-/m11/s1. The Hall–Kier alpha value is -3.14. The molecule has 50 heavy (non-hydrogen) atoms. The summed E-state index contributed by atoms with van der Waals surface area (Å²) in [5, 5.41) is 41.6. The van der Waals surface area contributed by atoms with Crippen LogP contribution in [0.4, 0.5) is 5.95 Å². The van der Waals surface area contributed by atoms with Gasteiger partial charge in [0.25, 0.3) is 11.1 Å². The minimum Gasteiger partial charge on any atom is -0.388 e. The number of aliphatic hydroxyl groups is 4. The normalized spacial score (nSPS) is 27.3. The molecule has 4 aromatic rings. The van der Waals surface area contributed by atoms with Crippen LogP contribution in [0.5, 0.6) is 0 Å². The van der Waals surface area contributed by atoms with Crippen LogP contribution in [-0.2, 0) is 16.5 Å². The van der Waals surface area contributed by atoms with Gasteiger partial charge in [-0.1, -0.05) is 0 Å². The van der Waals surface area contributed by atoms with Crippen LogP contribution in [0.25, 0.3) is 22.3 Å². The molecule has 0 spiro atoms. The molecule has 276 valence electrons. The number of imidazole rings is 2. The molecule has 2 saturated heterocycles. The Labute approximate surface area is 289 Å². The summed E-state index contributed by atoms with van der Waals surface area (Å²) >= 11 is 0. The van der Waals surface area contributed by atoms with E-state index < -0.39 is 68.4 Å². The van der Waals surface area contributed by atoms with Crippen LogP contribution in [0, 0.1) is 13.8 Å². The number of anilines is 1. The molecule has 17 nitrogen and oxygen atoms in total. The Morgan fingerprint density at radius 2 is 1.38 bits per heavy atom. The van der Waals surface area contributed by atoms with Crippen molar-refractivity contribution in [2.45, 2.75) is 75.8 Å². The number of ether oxygens (including phenoxy) is 2. The Morgan fingerprint density at radius 3 is 1.94 bits per heavy atom. The number of nitrogens with two attached hydrogens (primary N) is 1. The van der Waals surface area contributed by atoms with Gasteiger partial charge in [-0.2, -0.15) is 0 Å².